The number of carbonyl (C=O) groups is 3. The number of urea groups is 1. The summed E-state index contributed by atoms with van der Waals surface area (Å²) in [5.41, 5.74) is -0.398. The molecule has 0 saturated heterocycles. The maximum atomic E-state index is 11.8. The first-order chi connectivity index (χ1) is 8.95. The van der Waals surface area contributed by atoms with Crippen molar-refractivity contribution in [1.29, 1.82) is 0 Å². The van der Waals surface area contributed by atoms with Crippen molar-refractivity contribution in [2.24, 2.45) is 5.41 Å². The summed E-state index contributed by atoms with van der Waals surface area (Å²) in [7, 11) is 3.20. The molecule has 0 aliphatic heterocycles. The first-order valence-electron chi connectivity index (χ1n) is 6.45. The molecule has 2 atom stereocenters. The quantitative estimate of drug-likeness (QED) is 0.691. The fourth-order valence-electron chi connectivity index (χ4n) is 1.59. The van der Waals surface area contributed by atoms with E-state index in [2.05, 4.69) is 10.6 Å². The molecule has 0 saturated carbocycles. The van der Waals surface area contributed by atoms with Gasteiger partial charge in [0.25, 0.3) is 0 Å². The van der Waals surface area contributed by atoms with Gasteiger partial charge in [0.2, 0.25) is 5.91 Å². The number of hydrogen-bond acceptors (Lipinski definition) is 3. The number of nitrogens with zero attached hydrogens (tertiary/aromatic N) is 1. The number of carbonyl (C=O) groups excluding carboxylic acids is 2. The normalized spacial score (nSPS) is 14.1. The first kappa shape index (κ1) is 18.2. The number of carboxylic acids is 1. The first-order valence-corrected chi connectivity index (χ1v) is 6.45. The molecule has 0 fully saturated rings. The number of likely N-dealkylation sites (N-methyl/N-ethyl adjacent to an activating group) is 1. The molecule has 0 radical (unpaired) electrons. The molecule has 3 amide bonds. The Hall–Kier alpha value is -1.79. The third-order valence-corrected chi connectivity index (χ3v) is 2.89. The van der Waals surface area contributed by atoms with E-state index in [0.717, 1.165) is 0 Å². The molecule has 7 heteroatoms. The van der Waals surface area contributed by atoms with Gasteiger partial charge in [-0.25, -0.2) is 4.79 Å². The Labute approximate surface area is 119 Å². The Bertz CT molecular complexity index is 374. The van der Waals surface area contributed by atoms with E-state index in [1.165, 1.54) is 4.90 Å². The molecule has 3 N–H and O–H groups in total. The van der Waals surface area contributed by atoms with Gasteiger partial charge in [-0.3, -0.25) is 9.59 Å². The lowest BCUT2D eigenvalue weighted by molar-refractivity contribution is -0.138. The van der Waals surface area contributed by atoms with Crippen LogP contribution in [0.25, 0.3) is 0 Å². The van der Waals surface area contributed by atoms with Crippen molar-refractivity contribution in [3.05, 3.63) is 0 Å². The minimum absolute atomic E-state index is 0.174. The van der Waals surface area contributed by atoms with Crippen molar-refractivity contribution in [3.8, 4) is 0 Å². The van der Waals surface area contributed by atoms with Crippen molar-refractivity contribution >= 4 is 17.9 Å². The highest BCUT2D eigenvalue weighted by atomic mass is 16.4. The molecule has 7 nitrogen and oxygen atoms in total. The lowest BCUT2D eigenvalue weighted by atomic mass is 9.85. The largest absolute Gasteiger partial charge is 0.481 e. The second-order valence-electron chi connectivity index (χ2n) is 6.09. The van der Waals surface area contributed by atoms with E-state index in [9.17, 15) is 14.4 Å². The van der Waals surface area contributed by atoms with Gasteiger partial charge in [-0.15, -0.1) is 0 Å². The number of aliphatic carboxylic acids is 1. The van der Waals surface area contributed by atoms with Crippen LogP contribution in [-0.2, 0) is 9.59 Å². The lowest BCUT2D eigenvalue weighted by Gasteiger charge is -2.31. The average molecular weight is 287 g/mol. The van der Waals surface area contributed by atoms with E-state index < -0.39 is 29.5 Å². The molecule has 0 aromatic rings. The molecule has 0 aliphatic carbocycles. The van der Waals surface area contributed by atoms with Crippen LogP contribution in [0.5, 0.6) is 0 Å². The molecule has 116 valence electrons. The fourth-order valence-corrected chi connectivity index (χ4v) is 1.59. The van der Waals surface area contributed by atoms with Crippen molar-refractivity contribution < 1.29 is 19.5 Å². The number of rotatable bonds is 5. The van der Waals surface area contributed by atoms with E-state index in [4.69, 9.17) is 5.11 Å². The molecule has 2 unspecified atom stereocenters. The molecule has 0 aromatic heterocycles. The Kier molecular flexibility index (Phi) is 6.48. The van der Waals surface area contributed by atoms with Crippen LogP contribution in [-0.4, -0.2) is 54.1 Å². The van der Waals surface area contributed by atoms with E-state index in [0.29, 0.717) is 0 Å². The van der Waals surface area contributed by atoms with Gasteiger partial charge in [0.15, 0.2) is 0 Å². The SMILES string of the molecule is CC(NC(=O)NC(CC(=O)O)C(C)(C)C)C(=O)N(C)C. The molecule has 0 aromatic carbocycles. The zero-order chi connectivity index (χ0) is 16.1. The van der Waals surface area contributed by atoms with Crippen LogP contribution >= 0.6 is 0 Å². The monoisotopic (exact) mass is 287 g/mol. The highest BCUT2D eigenvalue weighted by molar-refractivity contribution is 5.86. The highest BCUT2D eigenvalue weighted by Crippen LogP contribution is 2.21. The van der Waals surface area contributed by atoms with Gasteiger partial charge in [-0.1, -0.05) is 20.8 Å². The molecule has 20 heavy (non-hydrogen) atoms. The van der Waals surface area contributed by atoms with Crippen molar-refractivity contribution in [2.45, 2.75) is 46.2 Å². The lowest BCUT2D eigenvalue weighted by Crippen LogP contribution is -2.53. The maximum absolute atomic E-state index is 11.8. The van der Waals surface area contributed by atoms with E-state index in [1.54, 1.807) is 21.0 Å². The third-order valence-electron chi connectivity index (χ3n) is 2.89. The van der Waals surface area contributed by atoms with Crippen LogP contribution in [0, 0.1) is 5.41 Å². The van der Waals surface area contributed by atoms with Gasteiger partial charge >= 0.3 is 12.0 Å². The van der Waals surface area contributed by atoms with Gasteiger partial charge in [0, 0.05) is 20.1 Å². The Balaban J connectivity index is 4.62. The molecular weight excluding hydrogens is 262 g/mol. The molecule has 0 bridgehead atoms. The molecule has 0 aliphatic rings. The van der Waals surface area contributed by atoms with Crippen molar-refractivity contribution in [3.63, 3.8) is 0 Å². The van der Waals surface area contributed by atoms with Crippen LogP contribution < -0.4 is 10.6 Å². The molecular formula is C13H25N3O4. The summed E-state index contributed by atoms with van der Waals surface area (Å²) in [6.07, 6.45) is -0.174. The highest BCUT2D eigenvalue weighted by Gasteiger charge is 2.29. The second-order valence-corrected chi connectivity index (χ2v) is 6.09. The number of nitrogens with one attached hydrogen (secondary N) is 2. The van der Waals surface area contributed by atoms with Gasteiger partial charge < -0.3 is 20.6 Å². The standard InChI is InChI=1S/C13H25N3O4/c1-8(11(19)16(5)6)14-12(20)15-9(7-10(17)18)13(2,3)4/h8-9H,7H2,1-6H3,(H,17,18)(H2,14,15,20). The summed E-state index contributed by atoms with van der Waals surface area (Å²) in [6, 6.07) is -1.74. The summed E-state index contributed by atoms with van der Waals surface area (Å²) in [6.45, 7) is 7.10. The molecule has 0 spiro atoms. The van der Waals surface area contributed by atoms with Gasteiger partial charge in [0.1, 0.15) is 6.04 Å². The summed E-state index contributed by atoms with van der Waals surface area (Å²) in [5.74, 6) is -1.21. The van der Waals surface area contributed by atoms with Crippen LogP contribution in [0.4, 0.5) is 4.79 Å². The predicted octanol–water partition coefficient (Wildman–Crippen LogP) is 0.652. The molecule has 0 heterocycles. The molecule has 0 rings (SSSR count). The topological polar surface area (TPSA) is 98.7 Å². The zero-order valence-corrected chi connectivity index (χ0v) is 13.0. The number of hydrogen-bond donors (Lipinski definition) is 3. The fraction of sp³-hybridized carbons (Fsp3) is 0.769. The average Bonchev–Trinajstić information content (AvgIpc) is 2.24. The minimum Gasteiger partial charge on any atom is -0.481 e. The predicted molar refractivity (Wildman–Crippen MR) is 75.3 cm³/mol. The van der Waals surface area contributed by atoms with Gasteiger partial charge in [-0.2, -0.15) is 0 Å². The number of carboxylic acid groups (broad SMARTS) is 1. The summed E-state index contributed by atoms with van der Waals surface area (Å²) in [5, 5.41) is 14.0. The Morgan fingerprint density at radius 1 is 1.15 bits per heavy atom. The Morgan fingerprint density at radius 3 is 2.00 bits per heavy atom. The summed E-state index contributed by atoms with van der Waals surface area (Å²) < 4.78 is 0. The second kappa shape index (κ2) is 7.12. The van der Waals surface area contributed by atoms with Crippen molar-refractivity contribution in [1.82, 2.24) is 15.5 Å². The van der Waals surface area contributed by atoms with E-state index in [1.807, 2.05) is 20.8 Å². The smallest absolute Gasteiger partial charge is 0.315 e. The maximum Gasteiger partial charge on any atom is 0.315 e. The third kappa shape index (κ3) is 6.40. The van der Waals surface area contributed by atoms with E-state index in [-0.39, 0.29) is 12.3 Å². The van der Waals surface area contributed by atoms with Gasteiger partial charge in [0.05, 0.1) is 6.42 Å². The van der Waals surface area contributed by atoms with Crippen LogP contribution in [0.2, 0.25) is 0 Å². The summed E-state index contributed by atoms with van der Waals surface area (Å²) in [4.78, 5) is 35.7. The summed E-state index contributed by atoms with van der Waals surface area (Å²) >= 11 is 0. The van der Waals surface area contributed by atoms with Crippen LogP contribution in [0.1, 0.15) is 34.1 Å². The minimum atomic E-state index is -0.984. The van der Waals surface area contributed by atoms with Crippen molar-refractivity contribution in [2.75, 3.05) is 14.1 Å². The van der Waals surface area contributed by atoms with Gasteiger partial charge in [-0.05, 0) is 12.3 Å². The Morgan fingerprint density at radius 2 is 1.65 bits per heavy atom. The van der Waals surface area contributed by atoms with Crippen LogP contribution in [0.3, 0.4) is 0 Å². The van der Waals surface area contributed by atoms with E-state index >= 15 is 0 Å². The zero-order valence-electron chi connectivity index (χ0n) is 13.0. The number of amides is 3. The van der Waals surface area contributed by atoms with Crippen LogP contribution in [0.15, 0.2) is 0 Å².